The third-order valence-electron chi connectivity index (χ3n) is 4.21. The number of alkyl halides is 3. The molecule has 2 aromatic carbocycles. The van der Waals surface area contributed by atoms with Crippen LogP contribution < -0.4 is 15.1 Å². The van der Waals surface area contributed by atoms with Crippen LogP contribution in [-0.2, 0) is 15.8 Å². The molecule has 0 aliphatic carbocycles. The minimum atomic E-state index is -4.77. The lowest BCUT2D eigenvalue weighted by Gasteiger charge is -2.27. The number of para-hydroxylation sites is 1. The van der Waals surface area contributed by atoms with Crippen molar-refractivity contribution in [1.29, 1.82) is 0 Å². The maximum Gasteiger partial charge on any atom is 0.573 e. The lowest BCUT2D eigenvalue weighted by Crippen LogP contribution is -2.33. The van der Waals surface area contributed by atoms with Gasteiger partial charge in [-0.1, -0.05) is 23.8 Å². The molecule has 1 aliphatic rings. The summed E-state index contributed by atoms with van der Waals surface area (Å²) in [5, 5.41) is 0. The van der Waals surface area contributed by atoms with Crippen molar-refractivity contribution in [3.05, 3.63) is 66.2 Å². The van der Waals surface area contributed by atoms with E-state index in [-0.39, 0.29) is 11.7 Å². The van der Waals surface area contributed by atoms with Crippen molar-refractivity contribution in [2.75, 3.05) is 13.1 Å². The average Bonchev–Trinajstić information content (AvgIpc) is 2.72. The Balaban J connectivity index is 1.49. The summed E-state index contributed by atoms with van der Waals surface area (Å²) in [6, 6.07) is 13.8. The van der Waals surface area contributed by atoms with E-state index in [2.05, 4.69) is 10.2 Å². The smallest absolute Gasteiger partial charge is 0.406 e. The van der Waals surface area contributed by atoms with Crippen LogP contribution in [0, 0.1) is 0 Å². The molecule has 1 amide bonds. The Labute approximate surface area is 173 Å². The molecule has 0 radical (unpaired) electrons. The first-order chi connectivity index (χ1) is 14.3. The molecule has 1 unspecified atom stereocenters. The Bertz CT molecular complexity index is 908. The van der Waals surface area contributed by atoms with Gasteiger partial charge in [0.05, 0.1) is 4.90 Å². The van der Waals surface area contributed by atoms with Gasteiger partial charge in [0.25, 0.3) is 5.91 Å². The molecule has 1 atom stereocenters. The molecule has 1 N–H and O–H groups in total. The van der Waals surface area contributed by atoms with Crippen LogP contribution in [0.5, 0.6) is 11.5 Å². The van der Waals surface area contributed by atoms with Crippen molar-refractivity contribution in [3.63, 3.8) is 0 Å². The lowest BCUT2D eigenvalue weighted by molar-refractivity contribution is -0.274. The summed E-state index contributed by atoms with van der Waals surface area (Å²) < 4.78 is 54.8. The number of benzene rings is 2. The summed E-state index contributed by atoms with van der Waals surface area (Å²) in [5.74, 6) is -0.236. The summed E-state index contributed by atoms with van der Waals surface area (Å²) in [5.41, 5.74) is 3.24. The van der Waals surface area contributed by atoms with Gasteiger partial charge in [-0.3, -0.25) is 4.79 Å². The fraction of sp³-hybridized carbons (Fsp3) is 0.250. The predicted octanol–water partition coefficient (Wildman–Crippen LogP) is 3.74. The van der Waals surface area contributed by atoms with Gasteiger partial charge in [0.1, 0.15) is 16.7 Å². The Hall–Kier alpha value is -2.85. The summed E-state index contributed by atoms with van der Waals surface area (Å²) >= 11 is 0. The second-order valence-electron chi connectivity index (χ2n) is 6.38. The third kappa shape index (κ3) is 6.60. The van der Waals surface area contributed by atoms with E-state index in [4.69, 9.17) is 4.84 Å². The maximum atomic E-state index is 12.6. The molecule has 2 aromatic rings. The number of ether oxygens (including phenoxy) is 1. The normalized spacial score (nSPS) is 15.9. The largest absolute Gasteiger partial charge is 0.573 e. The van der Waals surface area contributed by atoms with Gasteiger partial charge in [-0.15, -0.1) is 13.2 Å². The van der Waals surface area contributed by atoms with Crippen molar-refractivity contribution in [2.24, 2.45) is 0 Å². The number of carbonyl (C=O) groups is 1. The second kappa shape index (κ2) is 9.77. The number of nitrogens with zero attached hydrogens (tertiary/aromatic N) is 1. The number of rotatable bonds is 6. The number of amides is 1. The van der Waals surface area contributed by atoms with Crippen molar-refractivity contribution in [3.8, 4) is 11.5 Å². The van der Waals surface area contributed by atoms with Crippen LogP contribution in [0.15, 0.2) is 71.1 Å². The first-order valence-electron chi connectivity index (χ1n) is 9.04. The molecule has 30 heavy (non-hydrogen) atoms. The van der Waals surface area contributed by atoms with E-state index < -0.39 is 17.3 Å². The molecule has 6 nitrogen and oxygen atoms in total. The number of hydrogen-bond acceptors (Lipinski definition) is 4. The monoisotopic (exact) mass is 440 g/mol. The van der Waals surface area contributed by atoms with Crippen molar-refractivity contribution in [2.45, 2.75) is 24.1 Å². The van der Waals surface area contributed by atoms with Crippen LogP contribution >= 0.6 is 0 Å². The Morgan fingerprint density at radius 3 is 2.23 bits per heavy atom. The molecule has 0 aromatic heterocycles. The number of hydroxylamine groups is 1. The van der Waals surface area contributed by atoms with Gasteiger partial charge in [0, 0.05) is 19.2 Å². The highest BCUT2D eigenvalue weighted by molar-refractivity contribution is 7.82. The molecule has 1 saturated heterocycles. The van der Waals surface area contributed by atoms with E-state index in [0.717, 1.165) is 17.7 Å². The SMILES string of the molecule is O=C(C=C1CCN(S(=O)c2ccc(OC(F)(F)F)cc2)CC1)NOc1ccccc1. The van der Waals surface area contributed by atoms with Gasteiger partial charge in [-0.05, 0) is 49.2 Å². The number of nitrogens with one attached hydrogen (secondary N) is 1. The minimum absolute atomic E-state index is 0.365. The van der Waals surface area contributed by atoms with Gasteiger partial charge in [0.2, 0.25) is 0 Å². The van der Waals surface area contributed by atoms with Crippen LogP contribution in [-0.4, -0.2) is 33.9 Å². The molecule has 10 heteroatoms. The minimum Gasteiger partial charge on any atom is -0.406 e. The van der Waals surface area contributed by atoms with E-state index >= 15 is 0 Å². The molecule has 3 rings (SSSR count). The Kier molecular flexibility index (Phi) is 7.11. The summed E-state index contributed by atoms with van der Waals surface area (Å²) in [6.07, 6.45) is -2.22. The van der Waals surface area contributed by atoms with Crippen LogP contribution in [0.4, 0.5) is 13.2 Å². The fourth-order valence-corrected chi connectivity index (χ4v) is 3.98. The molecule has 0 spiro atoms. The zero-order valence-corrected chi connectivity index (χ0v) is 16.5. The molecule has 1 aliphatic heterocycles. The quantitative estimate of drug-likeness (QED) is 0.549. The van der Waals surface area contributed by atoms with E-state index in [0.29, 0.717) is 36.6 Å². The summed E-state index contributed by atoms with van der Waals surface area (Å²) in [7, 11) is -1.51. The Morgan fingerprint density at radius 1 is 1.00 bits per heavy atom. The van der Waals surface area contributed by atoms with Crippen molar-refractivity contribution < 1.29 is 31.7 Å². The van der Waals surface area contributed by atoms with Crippen LogP contribution in [0.3, 0.4) is 0 Å². The molecular formula is C20H19F3N2O4S. The highest BCUT2D eigenvalue weighted by Crippen LogP contribution is 2.25. The topological polar surface area (TPSA) is 67.9 Å². The summed E-state index contributed by atoms with van der Waals surface area (Å²) in [4.78, 5) is 17.5. The van der Waals surface area contributed by atoms with Crippen LogP contribution in [0.25, 0.3) is 0 Å². The first-order valence-corrected chi connectivity index (χ1v) is 10.1. The van der Waals surface area contributed by atoms with Gasteiger partial charge >= 0.3 is 6.36 Å². The fourth-order valence-electron chi connectivity index (χ4n) is 2.80. The van der Waals surface area contributed by atoms with Gasteiger partial charge in [-0.2, -0.15) is 5.48 Å². The Morgan fingerprint density at radius 2 is 1.63 bits per heavy atom. The maximum absolute atomic E-state index is 12.6. The molecular weight excluding hydrogens is 421 g/mol. The molecule has 160 valence electrons. The molecule has 1 fully saturated rings. The second-order valence-corrected chi connectivity index (χ2v) is 7.87. The number of carbonyl (C=O) groups excluding carboxylic acids is 1. The van der Waals surface area contributed by atoms with Crippen molar-refractivity contribution >= 4 is 16.9 Å². The predicted molar refractivity (Wildman–Crippen MR) is 104 cm³/mol. The van der Waals surface area contributed by atoms with E-state index in [1.807, 2.05) is 6.07 Å². The van der Waals surface area contributed by atoms with E-state index in [1.54, 1.807) is 28.6 Å². The average molecular weight is 440 g/mol. The van der Waals surface area contributed by atoms with Gasteiger partial charge in [0.15, 0.2) is 5.75 Å². The lowest BCUT2D eigenvalue weighted by atomic mass is 10.1. The molecule has 0 saturated carbocycles. The van der Waals surface area contributed by atoms with Crippen LogP contribution in [0.1, 0.15) is 12.8 Å². The highest BCUT2D eigenvalue weighted by Gasteiger charge is 2.31. The van der Waals surface area contributed by atoms with E-state index in [1.165, 1.54) is 18.2 Å². The summed E-state index contributed by atoms with van der Waals surface area (Å²) in [6.45, 7) is 0.901. The number of piperidine rings is 1. The third-order valence-corrected chi connectivity index (χ3v) is 5.72. The zero-order chi connectivity index (χ0) is 21.6. The first kappa shape index (κ1) is 21.8. The van der Waals surface area contributed by atoms with Crippen molar-refractivity contribution in [1.82, 2.24) is 9.79 Å². The van der Waals surface area contributed by atoms with Crippen LogP contribution in [0.2, 0.25) is 0 Å². The molecule has 0 bridgehead atoms. The van der Waals surface area contributed by atoms with E-state index in [9.17, 15) is 22.2 Å². The van der Waals surface area contributed by atoms with Gasteiger partial charge < -0.3 is 9.57 Å². The standard InChI is InChI=1S/C20H19F3N2O4S/c21-20(22,23)28-16-6-8-18(9-7-16)30(27)25-12-10-15(11-13-25)14-19(26)24-29-17-4-2-1-3-5-17/h1-9,14H,10-13H2,(H,24,26). The number of halogens is 3. The number of hydrogen-bond donors (Lipinski definition) is 1. The van der Waals surface area contributed by atoms with Gasteiger partial charge in [-0.25, -0.2) is 8.51 Å². The molecule has 1 heterocycles. The zero-order valence-electron chi connectivity index (χ0n) is 15.7. The highest BCUT2D eigenvalue weighted by atomic mass is 32.2.